The minimum atomic E-state index is 0.0943. The van der Waals surface area contributed by atoms with E-state index in [-0.39, 0.29) is 6.61 Å². The number of hydrogen-bond donors (Lipinski definition) is 1. The van der Waals surface area contributed by atoms with E-state index >= 15 is 0 Å². The van der Waals surface area contributed by atoms with E-state index in [2.05, 4.69) is 9.88 Å². The van der Waals surface area contributed by atoms with E-state index < -0.39 is 0 Å². The Balaban J connectivity index is 1.89. The van der Waals surface area contributed by atoms with E-state index in [4.69, 9.17) is 0 Å². The van der Waals surface area contributed by atoms with Crippen LogP contribution in [0, 0.1) is 5.92 Å². The van der Waals surface area contributed by atoms with Gasteiger partial charge in [-0.25, -0.2) is 4.98 Å². The molecule has 0 aromatic carbocycles. The molecule has 2 atom stereocenters. The third-order valence-corrected chi connectivity index (χ3v) is 4.55. The van der Waals surface area contributed by atoms with Crippen molar-refractivity contribution < 1.29 is 5.11 Å². The summed E-state index contributed by atoms with van der Waals surface area (Å²) >= 11 is 0. The summed E-state index contributed by atoms with van der Waals surface area (Å²) in [6.45, 7) is 1.20. The molecule has 1 saturated carbocycles. The van der Waals surface area contributed by atoms with Crippen LogP contribution in [-0.2, 0) is 6.61 Å². The summed E-state index contributed by atoms with van der Waals surface area (Å²) in [4.78, 5) is 7.00. The largest absolute Gasteiger partial charge is 0.392 e. The quantitative estimate of drug-likeness (QED) is 0.871. The number of aliphatic hydroxyl groups excluding tert-OH is 1. The van der Waals surface area contributed by atoms with Gasteiger partial charge < -0.3 is 10.0 Å². The van der Waals surface area contributed by atoms with Crippen molar-refractivity contribution in [3.05, 3.63) is 23.9 Å². The number of pyridine rings is 1. The topological polar surface area (TPSA) is 36.4 Å². The molecule has 3 nitrogen and oxygen atoms in total. The molecule has 0 amide bonds. The third-order valence-electron chi connectivity index (χ3n) is 4.55. The molecule has 1 aromatic rings. The van der Waals surface area contributed by atoms with Crippen LogP contribution in [0.1, 0.15) is 44.1 Å². The van der Waals surface area contributed by atoms with Crippen LogP contribution in [0.15, 0.2) is 18.3 Å². The summed E-state index contributed by atoms with van der Waals surface area (Å²) in [6.07, 6.45) is 9.91. The van der Waals surface area contributed by atoms with Crippen molar-refractivity contribution in [2.24, 2.45) is 5.92 Å². The van der Waals surface area contributed by atoms with Crippen LogP contribution in [0.2, 0.25) is 0 Å². The Labute approximate surface area is 109 Å². The maximum atomic E-state index is 9.48. The predicted octanol–water partition coefficient (Wildman–Crippen LogP) is 2.73. The van der Waals surface area contributed by atoms with Crippen LogP contribution in [0.4, 0.5) is 5.82 Å². The highest BCUT2D eigenvalue weighted by atomic mass is 16.3. The lowest BCUT2D eigenvalue weighted by Gasteiger charge is -2.45. The highest BCUT2D eigenvalue weighted by molar-refractivity contribution is 5.48. The van der Waals surface area contributed by atoms with Crippen molar-refractivity contribution in [1.29, 1.82) is 0 Å². The van der Waals surface area contributed by atoms with E-state index in [1.54, 1.807) is 0 Å². The van der Waals surface area contributed by atoms with Crippen LogP contribution in [0.5, 0.6) is 0 Å². The number of fused-ring (bicyclic) bond motifs is 1. The molecule has 0 spiro atoms. The van der Waals surface area contributed by atoms with Crippen LogP contribution >= 0.6 is 0 Å². The molecule has 1 N–H and O–H groups in total. The average molecular weight is 246 g/mol. The molecular formula is C15H22N2O. The maximum absolute atomic E-state index is 9.48. The standard InChI is InChI=1S/C15H22N2O/c18-11-13-6-3-9-16-15(13)17-10-4-7-12-5-1-2-8-14(12)17/h3,6,9,12,14,18H,1-2,4-5,7-8,10-11H2. The van der Waals surface area contributed by atoms with Crippen LogP contribution in [-0.4, -0.2) is 22.7 Å². The Morgan fingerprint density at radius 3 is 2.94 bits per heavy atom. The molecule has 1 aromatic heterocycles. The number of rotatable bonds is 2. The molecule has 1 saturated heterocycles. The molecule has 3 rings (SSSR count). The Bertz CT molecular complexity index is 405. The molecule has 98 valence electrons. The molecular weight excluding hydrogens is 224 g/mol. The minimum Gasteiger partial charge on any atom is -0.392 e. The van der Waals surface area contributed by atoms with Crippen LogP contribution < -0.4 is 4.90 Å². The second-order valence-corrected chi connectivity index (χ2v) is 5.59. The number of piperidine rings is 1. The molecule has 1 aliphatic heterocycles. The number of aromatic nitrogens is 1. The SMILES string of the molecule is OCc1cccnc1N1CCCC2CCCCC21. The van der Waals surface area contributed by atoms with Gasteiger partial charge in [0.15, 0.2) is 0 Å². The first-order valence-corrected chi connectivity index (χ1v) is 7.21. The Morgan fingerprint density at radius 1 is 1.22 bits per heavy atom. The lowest BCUT2D eigenvalue weighted by molar-refractivity contribution is 0.240. The number of nitrogens with zero attached hydrogens (tertiary/aromatic N) is 2. The zero-order chi connectivity index (χ0) is 12.4. The molecule has 3 heteroatoms. The molecule has 18 heavy (non-hydrogen) atoms. The van der Waals surface area contributed by atoms with Gasteiger partial charge in [0.1, 0.15) is 5.82 Å². The van der Waals surface area contributed by atoms with Crippen LogP contribution in [0.25, 0.3) is 0 Å². The Morgan fingerprint density at radius 2 is 2.06 bits per heavy atom. The Kier molecular flexibility index (Phi) is 3.50. The third kappa shape index (κ3) is 2.12. The van der Waals surface area contributed by atoms with Crippen molar-refractivity contribution in [2.45, 2.75) is 51.2 Å². The zero-order valence-corrected chi connectivity index (χ0v) is 10.9. The lowest BCUT2D eigenvalue weighted by Crippen LogP contribution is -2.47. The van der Waals surface area contributed by atoms with Gasteiger partial charge in [0.25, 0.3) is 0 Å². The van der Waals surface area contributed by atoms with Gasteiger partial charge in [-0.1, -0.05) is 18.9 Å². The second kappa shape index (κ2) is 5.27. The number of hydrogen-bond acceptors (Lipinski definition) is 3. The number of aliphatic hydroxyl groups is 1. The maximum Gasteiger partial charge on any atom is 0.134 e. The highest BCUT2D eigenvalue weighted by Crippen LogP contribution is 2.37. The monoisotopic (exact) mass is 246 g/mol. The first-order valence-electron chi connectivity index (χ1n) is 7.21. The predicted molar refractivity (Wildman–Crippen MR) is 72.5 cm³/mol. The van der Waals surface area contributed by atoms with Crippen molar-refractivity contribution in [1.82, 2.24) is 4.98 Å². The molecule has 0 radical (unpaired) electrons. The molecule has 2 fully saturated rings. The average Bonchev–Trinajstić information content (AvgIpc) is 2.46. The summed E-state index contributed by atoms with van der Waals surface area (Å²) in [5, 5.41) is 9.48. The van der Waals surface area contributed by atoms with E-state index in [1.807, 2.05) is 18.3 Å². The van der Waals surface area contributed by atoms with Gasteiger partial charge in [0.05, 0.1) is 6.61 Å². The van der Waals surface area contributed by atoms with Crippen molar-refractivity contribution in [3.8, 4) is 0 Å². The van der Waals surface area contributed by atoms with E-state index in [1.165, 1.54) is 38.5 Å². The molecule has 2 unspecified atom stereocenters. The smallest absolute Gasteiger partial charge is 0.134 e. The summed E-state index contributed by atoms with van der Waals surface area (Å²) in [6, 6.07) is 4.57. The van der Waals surface area contributed by atoms with Crippen molar-refractivity contribution in [3.63, 3.8) is 0 Å². The van der Waals surface area contributed by atoms with Gasteiger partial charge >= 0.3 is 0 Å². The molecule has 1 aliphatic carbocycles. The van der Waals surface area contributed by atoms with Crippen molar-refractivity contribution in [2.75, 3.05) is 11.4 Å². The molecule has 2 aliphatic rings. The lowest BCUT2D eigenvalue weighted by atomic mass is 9.78. The highest BCUT2D eigenvalue weighted by Gasteiger charge is 2.34. The first-order chi connectivity index (χ1) is 8.90. The fourth-order valence-corrected chi connectivity index (χ4v) is 3.70. The normalized spacial score (nSPS) is 27.9. The first kappa shape index (κ1) is 12.0. The fourth-order valence-electron chi connectivity index (χ4n) is 3.70. The van der Waals surface area contributed by atoms with E-state index in [0.717, 1.165) is 23.8 Å². The second-order valence-electron chi connectivity index (χ2n) is 5.59. The van der Waals surface area contributed by atoms with Gasteiger partial charge in [-0.15, -0.1) is 0 Å². The van der Waals surface area contributed by atoms with Gasteiger partial charge in [-0.05, 0) is 37.7 Å². The Hall–Kier alpha value is -1.09. The number of anilines is 1. The fraction of sp³-hybridized carbons (Fsp3) is 0.667. The minimum absolute atomic E-state index is 0.0943. The van der Waals surface area contributed by atoms with Crippen LogP contribution in [0.3, 0.4) is 0 Å². The van der Waals surface area contributed by atoms with E-state index in [9.17, 15) is 5.11 Å². The van der Waals surface area contributed by atoms with Gasteiger partial charge in [0, 0.05) is 24.3 Å². The summed E-state index contributed by atoms with van der Waals surface area (Å²) in [5.74, 6) is 1.87. The summed E-state index contributed by atoms with van der Waals surface area (Å²) in [5.41, 5.74) is 0.976. The van der Waals surface area contributed by atoms with Gasteiger partial charge in [0.2, 0.25) is 0 Å². The molecule has 0 bridgehead atoms. The van der Waals surface area contributed by atoms with Gasteiger partial charge in [-0.3, -0.25) is 0 Å². The van der Waals surface area contributed by atoms with Crippen molar-refractivity contribution >= 4 is 5.82 Å². The zero-order valence-electron chi connectivity index (χ0n) is 10.9. The summed E-state index contributed by atoms with van der Waals surface area (Å²) < 4.78 is 0. The van der Waals surface area contributed by atoms with Gasteiger partial charge in [-0.2, -0.15) is 0 Å². The van der Waals surface area contributed by atoms with E-state index in [0.29, 0.717) is 6.04 Å². The summed E-state index contributed by atoms with van der Waals surface area (Å²) in [7, 11) is 0. The molecule has 2 heterocycles.